The number of carbonyl (C=O) groups excluding carboxylic acids is 2. The van der Waals surface area contributed by atoms with Crippen LogP contribution in [0.5, 0.6) is 0 Å². The molecule has 0 saturated heterocycles. The van der Waals surface area contributed by atoms with E-state index in [1.807, 2.05) is 20.0 Å². The van der Waals surface area contributed by atoms with Crippen LogP contribution in [-0.2, 0) is 7.05 Å². The van der Waals surface area contributed by atoms with Gasteiger partial charge in [-0.2, -0.15) is 5.10 Å². The smallest absolute Gasteiger partial charge is 0.265 e. The van der Waals surface area contributed by atoms with Crippen molar-refractivity contribution in [2.45, 2.75) is 6.92 Å². The number of hydrogen-bond acceptors (Lipinski definition) is 4. The van der Waals surface area contributed by atoms with Crippen LogP contribution in [0, 0.1) is 6.92 Å². The van der Waals surface area contributed by atoms with Gasteiger partial charge < -0.3 is 10.6 Å². The van der Waals surface area contributed by atoms with Crippen LogP contribution in [0.2, 0.25) is 0 Å². The number of fused-ring (bicyclic) bond motifs is 1. The van der Waals surface area contributed by atoms with Crippen molar-refractivity contribution in [2.24, 2.45) is 7.05 Å². The number of nitrogens with zero attached hydrogens (tertiary/aromatic N) is 2. The monoisotopic (exact) mass is 328 g/mol. The van der Waals surface area contributed by atoms with Gasteiger partial charge in [0.25, 0.3) is 11.8 Å². The fraction of sp³-hybridized carbons (Fsp3) is 0.188. The normalized spacial score (nSPS) is 10.7. The Balaban J connectivity index is 1.85. The van der Waals surface area contributed by atoms with Crippen molar-refractivity contribution in [1.82, 2.24) is 15.1 Å². The first-order valence-electron chi connectivity index (χ1n) is 7.06. The lowest BCUT2D eigenvalue weighted by Gasteiger charge is -2.05. The molecule has 0 radical (unpaired) electrons. The predicted molar refractivity (Wildman–Crippen MR) is 91.1 cm³/mol. The van der Waals surface area contributed by atoms with Crippen LogP contribution in [0.25, 0.3) is 10.2 Å². The topological polar surface area (TPSA) is 76.0 Å². The molecule has 1 aromatic carbocycles. The first kappa shape index (κ1) is 15.2. The minimum absolute atomic E-state index is 0.190. The quantitative estimate of drug-likeness (QED) is 0.776. The summed E-state index contributed by atoms with van der Waals surface area (Å²) < 4.78 is 1.78. The average Bonchev–Trinajstić information content (AvgIpc) is 3.09. The van der Waals surface area contributed by atoms with E-state index >= 15 is 0 Å². The van der Waals surface area contributed by atoms with Crippen LogP contribution in [0.15, 0.2) is 30.3 Å². The lowest BCUT2D eigenvalue weighted by Crippen LogP contribution is -2.18. The molecule has 23 heavy (non-hydrogen) atoms. The molecule has 0 atom stereocenters. The Bertz CT molecular complexity index is 876. The van der Waals surface area contributed by atoms with Crippen LogP contribution in [0.4, 0.5) is 5.69 Å². The molecule has 0 aliphatic carbocycles. The van der Waals surface area contributed by atoms with Crippen molar-refractivity contribution in [2.75, 3.05) is 12.4 Å². The van der Waals surface area contributed by atoms with Crippen molar-refractivity contribution in [3.8, 4) is 0 Å². The van der Waals surface area contributed by atoms with Gasteiger partial charge in [-0.3, -0.25) is 14.3 Å². The lowest BCUT2D eigenvalue weighted by atomic mass is 10.2. The highest BCUT2D eigenvalue weighted by molar-refractivity contribution is 7.20. The van der Waals surface area contributed by atoms with Crippen LogP contribution in [0.1, 0.15) is 25.7 Å². The van der Waals surface area contributed by atoms with Crippen molar-refractivity contribution in [1.29, 1.82) is 0 Å². The molecule has 0 fully saturated rings. The molecule has 2 N–H and O–H groups in total. The third-order valence-electron chi connectivity index (χ3n) is 3.53. The first-order valence-corrected chi connectivity index (χ1v) is 7.88. The fourth-order valence-electron chi connectivity index (χ4n) is 2.39. The van der Waals surface area contributed by atoms with Gasteiger partial charge in [0, 0.05) is 30.7 Å². The van der Waals surface area contributed by atoms with Gasteiger partial charge in [-0.15, -0.1) is 11.3 Å². The number of aryl methyl sites for hydroxylation is 2. The van der Waals surface area contributed by atoms with Gasteiger partial charge in [0.15, 0.2) is 0 Å². The van der Waals surface area contributed by atoms with Gasteiger partial charge in [-0.1, -0.05) is 6.07 Å². The zero-order valence-corrected chi connectivity index (χ0v) is 13.8. The number of amides is 2. The van der Waals surface area contributed by atoms with Gasteiger partial charge in [0.05, 0.1) is 10.6 Å². The Morgan fingerprint density at radius 1 is 1.22 bits per heavy atom. The third kappa shape index (κ3) is 2.83. The Kier molecular flexibility index (Phi) is 3.87. The highest BCUT2D eigenvalue weighted by Crippen LogP contribution is 2.28. The molecule has 0 spiro atoms. The summed E-state index contributed by atoms with van der Waals surface area (Å²) in [6.45, 7) is 1.92. The maximum absolute atomic E-state index is 12.4. The van der Waals surface area contributed by atoms with E-state index < -0.39 is 0 Å². The number of thiophene rings is 1. The summed E-state index contributed by atoms with van der Waals surface area (Å²) in [6, 6.07) is 8.68. The standard InChI is InChI=1S/C16H16N4O2S/c1-9-12-8-13(23-16(12)20(3)19-9)15(22)18-11-6-4-5-10(7-11)14(21)17-2/h4-8H,1-3H3,(H,17,21)(H,18,22). The highest BCUT2D eigenvalue weighted by atomic mass is 32.1. The van der Waals surface area contributed by atoms with Crippen LogP contribution >= 0.6 is 11.3 Å². The Hall–Kier alpha value is -2.67. The van der Waals surface area contributed by atoms with Gasteiger partial charge in [0.2, 0.25) is 0 Å². The van der Waals surface area contributed by atoms with Crippen LogP contribution in [0.3, 0.4) is 0 Å². The Labute approximate surface area is 137 Å². The number of anilines is 1. The summed E-state index contributed by atoms with van der Waals surface area (Å²) in [7, 11) is 3.43. The number of nitrogens with one attached hydrogen (secondary N) is 2. The summed E-state index contributed by atoms with van der Waals surface area (Å²) in [6.07, 6.45) is 0. The van der Waals surface area contributed by atoms with Gasteiger partial charge >= 0.3 is 0 Å². The third-order valence-corrected chi connectivity index (χ3v) is 4.73. The largest absolute Gasteiger partial charge is 0.355 e. The molecule has 0 aliphatic heterocycles. The van der Waals surface area contributed by atoms with Crippen molar-refractivity contribution in [3.63, 3.8) is 0 Å². The summed E-state index contributed by atoms with van der Waals surface area (Å²) in [5.74, 6) is -0.385. The summed E-state index contributed by atoms with van der Waals surface area (Å²) in [5, 5.41) is 10.7. The van der Waals surface area contributed by atoms with E-state index in [1.165, 1.54) is 11.3 Å². The highest BCUT2D eigenvalue weighted by Gasteiger charge is 2.15. The predicted octanol–water partition coefficient (Wildman–Crippen LogP) is 2.56. The fourth-order valence-corrected chi connectivity index (χ4v) is 3.41. The molecule has 118 valence electrons. The Morgan fingerprint density at radius 3 is 2.70 bits per heavy atom. The second kappa shape index (κ2) is 5.85. The average molecular weight is 328 g/mol. The van der Waals surface area contributed by atoms with E-state index in [0.717, 1.165) is 15.9 Å². The van der Waals surface area contributed by atoms with Gasteiger partial charge in [-0.25, -0.2) is 0 Å². The molecule has 7 heteroatoms. The van der Waals surface area contributed by atoms with E-state index in [1.54, 1.807) is 36.0 Å². The number of hydrogen-bond donors (Lipinski definition) is 2. The second-order valence-electron chi connectivity index (χ2n) is 5.15. The Morgan fingerprint density at radius 2 is 2.00 bits per heavy atom. The van der Waals surface area contributed by atoms with E-state index in [0.29, 0.717) is 16.1 Å². The number of rotatable bonds is 3. The molecular formula is C16H16N4O2S. The van der Waals surface area contributed by atoms with E-state index in [2.05, 4.69) is 15.7 Å². The first-order chi connectivity index (χ1) is 11.0. The van der Waals surface area contributed by atoms with E-state index in [9.17, 15) is 9.59 Å². The van der Waals surface area contributed by atoms with Crippen molar-refractivity contribution >= 4 is 39.1 Å². The zero-order valence-electron chi connectivity index (χ0n) is 13.0. The molecule has 0 aliphatic rings. The number of benzene rings is 1. The van der Waals surface area contributed by atoms with Crippen molar-refractivity contribution < 1.29 is 9.59 Å². The number of aromatic nitrogens is 2. The van der Waals surface area contributed by atoms with Gasteiger partial charge in [0.1, 0.15) is 4.83 Å². The lowest BCUT2D eigenvalue weighted by molar-refractivity contribution is 0.0961. The molecule has 0 saturated carbocycles. The maximum atomic E-state index is 12.4. The molecule has 0 bridgehead atoms. The van der Waals surface area contributed by atoms with Crippen molar-refractivity contribution in [3.05, 3.63) is 46.5 Å². The molecule has 2 heterocycles. The van der Waals surface area contributed by atoms with Gasteiger partial charge in [-0.05, 0) is 31.2 Å². The molecule has 3 rings (SSSR count). The minimum Gasteiger partial charge on any atom is -0.355 e. The van der Waals surface area contributed by atoms with E-state index in [4.69, 9.17) is 0 Å². The summed E-state index contributed by atoms with van der Waals surface area (Å²) >= 11 is 1.40. The van der Waals surface area contributed by atoms with E-state index in [-0.39, 0.29) is 11.8 Å². The molecule has 2 aromatic heterocycles. The molecule has 3 aromatic rings. The molecular weight excluding hydrogens is 312 g/mol. The second-order valence-corrected chi connectivity index (χ2v) is 6.18. The summed E-state index contributed by atoms with van der Waals surface area (Å²) in [4.78, 5) is 25.6. The maximum Gasteiger partial charge on any atom is 0.265 e. The minimum atomic E-state index is -0.195. The number of carbonyl (C=O) groups is 2. The molecule has 0 unspecified atom stereocenters. The summed E-state index contributed by atoms with van der Waals surface area (Å²) in [5.41, 5.74) is 1.99. The van der Waals surface area contributed by atoms with Crippen LogP contribution < -0.4 is 10.6 Å². The SMILES string of the molecule is CNC(=O)c1cccc(NC(=O)c2cc3c(C)nn(C)c3s2)c1. The molecule has 6 nitrogen and oxygen atoms in total. The zero-order chi connectivity index (χ0) is 16.6. The van der Waals surface area contributed by atoms with Crippen LogP contribution in [-0.4, -0.2) is 28.6 Å². The molecule has 2 amide bonds.